The van der Waals surface area contributed by atoms with Gasteiger partial charge in [0.05, 0.1) is 0 Å². The van der Waals surface area contributed by atoms with Gasteiger partial charge in [0.2, 0.25) is 0 Å². The first-order chi connectivity index (χ1) is 6.16. The van der Waals surface area contributed by atoms with Gasteiger partial charge in [0.1, 0.15) is 11.3 Å². The van der Waals surface area contributed by atoms with E-state index in [1.165, 1.54) is 18.3 Å². The van der Waals surface area contributed by atoms with Crippen molar-refractivity contribution in [2.75, 3.05) is 0 Å². The number of carbonyl (C=O) groups excluding carboxylic acids is 1. The van der Waals surface area contributed by atoms with Gasteiger partial charge in [0, 0.05) is 24.5 Å². The summed E-state index contributed by atoms with van der Waals surface area (Å²) < 4.78 is 1.63. The van der Waals surface area contributed by atoms with Crippen molar-refractivity contribution < 1.29 is 4.79 Å². The maximum absolute atomic E-state index is 10.9. The third-order valence-corrected chi connectivity index (χ3v) is 1.75. The van der Waals surface area contributed by atoms with Crippen molar-refractivity contribution in [3.8, 4) is 0 Å². The van der Waals surface area contributed by atoms with Crippen LogP contribution in [0.25, 0.3) is 5.65 Å². The highest BCUT2D eigenvalue weighted by atomic mass is 16.1. The van der Waals surface area contributed by atoms with Crippen molar-refractivity contribution in [1.82, 2.24) is 9.38 Å². The molecule has 5 nitrogen and oxygen atoms in total. The predicted molar refractivity (Wildman–Crippen MR) is 46.5 cm³/mol. The third-order valence-electron chi connectivity index (χ3n) is 1.75. The van der Waals surface area contributed by atoms with E-state index in [1.54, 1.807) is 10.6 Å². The fourth-order valence-electron chi connectivity index (χ4n) is 1.14. The lowest BCUT2D eigenvalue weighted by Crippen LogP contribution is -2.10. The standard InChI is InChI=1S/C8H7N3O2/c9-8(13)6-4-11-2-1-5(12)3-7(11)10-6/h1-4,10H,(H2,9,13). The van der Waals surface area contributed by atoms with Crippen LogP contribution in [0, 0.1) is 0 Å². The molecule has 0 aromatic carbocycles. The Balaban J connectivity index is 2.75. The van der Waals surface area contributed by atoms with Gasteiger partial charge in [-0.05, 0) is 0 Å². The van der Waals surface area contributed by atoms with E-state index in [4.69, 9.17) is 5.73 Å². The molecule has 66 valence electrons. The van der Waals surface area contributed by atoms with E-state index in [2.05, 4.69) is 4.98 Å². The van der Waals surface area contributed by atoms with Crippen LogP contribution in [0.1, 0.15) is 10.5 Å². The van der Waals surface area contributed by atoms with Crippen LogP contribution in [-0.2, 0) is 0 Å². The van der Waals surface area contributed by atoms with Gasteiger partial charge in [0.15, 0.2) is 5.43 Å². The Bertz CT molecular complexity index is 523. The summed E-state index contributed by atoms with van der Waals surface area (Å²) in [5.74, 6) is -0.545. The first-order valence-electron chi connectivity index (χ1n) is 3.67. The number of hydrogen-bond acceptors (Lipinski definition) is 2. The second kappa shape index (κ2) is 2.48. The van der Waals surface area contributed by atoms with Gasteiger partial charge >= 0.3 is 0 Å². The molecule has 0 fully saturated rings. The number of carbonyl (C=O) groups is 1. The number of nitrogens with one attached hydrogen (secondary N) is 1. The Labute approximate surface area is 72.8 Å². The summed E-state index contributed by atoms with van der Waals surface area (Å²) in [5.41, 5.74) is 5.78. The van der Waals surface area contributed by atoms with Crippen molar-refractivity contribution in [1.29, 1.82) is 0 Å². The second-order valence-corrected chi connectivity index (χ2v) is 2.69. The maximum Gasteiger partial charge on any atom is 0.266 e. The van der Waals surface area contributed by atoms with Gasteiger partial charge in [-0.3, -0.25) is 9.59 Å². The van der Waals surface area contributed by atoms with Crippen molar-refractivity contribution in [3.05, 3.63) is 40.4 Å². The SMILES string of the molecule is NC(=O)c1cn2ccc(=O)cc2[nH]1. The number of primary amides is 1. The summed E-state index contributed by atoms with van der Waals surface area (Å²) in [4.78, 5) is 24.4. The normalized spacial score (nSPS) is 10.5. The number of pyridine rings is 1. The molecule has 0 spiro atoms. The molecule has 13 heavy (non-hydrogen) atoms. The van der Waals surface area contributed by atoms with Crippen LogP contribution in [0.2, 0.25) is 0 Å². The summed E-state index contributed by atoms with van der Waals surface area (Å²) in [5, 5.41) is 0. The highest BCUT2D eigenvalue weighted by Crippen LogP contribution is 2.00. The minimum absolute atomic E-state index is 0.113. The fraction of sp³-hybridized carbons (Fsp3) is 0. The van der Waals surface area contributed by atoms with Crippen LogP contribution in [0.4, 0.5) is 0 Å². The van der Waals surface area contributed by atoms with Gasteiger partial charge in [-0.15, -0.1) is 0 Å². The minimum atomic E-state index is -0.545. The van der Waals surface area contributed by atoms with E-state index in [9.17, 15) is 9.59 Å². The summed E-state index contributed by atoms with van der Waals surface area (Å²) in [7, 11) is 0. The molecule has 2 aromatic heterocycles. The number of amides is 1. The minimum Gasteiger partial charge on any atom is -0.364 e. The Morgan fingerprint density at radius 3 is 3.00 bits per heavy atom. The average molecular weight is 177 g/mol. The van der Waals surface area contributed by atoms with Gasteiger partial charge in [-0.25, -0.2) is 0 Å². The first kappa shape index (κ1) is 7.60. The molecule has 0 unspecified atom stereocenters. The smallest absolute Gasteiger partial charge is 0.266 e. The molecule has 0 saturated carbocycles. The average Bonchev–Trinajstić information content (AvgIpc) is 2.46. The Morgan fingerprint density at radius 2 is 2.31 bits per heavy atom. The van der Waals surface area contributed by atoms with E-state index in [0.29, 0.717) is 5.65 Å². The predicted octanol–water partition coefficient (Wildman–Crippen LogP) is -0.274. The van der Waals surface area contributed by atoms with E-state index in [0.717, 1.165) is 0 Å². The molecule has 0 atom stereocenters. The fourth-order valence-corrected chi connectivity index (χ4v) is 1.14. The molecule has 2 rings (SSSR count). The third kappa shape index (κ3) is 1.20. The molecule has 0 radical (unpaired) electrons. The van der Waals surface area contributed by atoms with Crippen molar-refractivity contribution in [2.24, 2.45) is 5.73 Å². The van der Waals surface area contributed by atoms with Gasteiger partial charge < -0.3 is 15.1 Å². The van der Waals surface area contributed by atoms with E-state index >= 15 is 0 Å². The lowest BCUT2D eigenvalue weighted by Gasteiger charge is -1.87. The molecule has 2 aromatic rings. The largest absolute Gasteiger partial charge is 0.364 e. The van der Waals surface area contributed by atoms with Crippen LogP contribution in [0.15, 0.2) is 29.3 Å². The first-order valence-corrected chi connectivity index (χ1v) is 3.67. The van der Waals surface area contributed by atoms with Gasteiger partial charge in [-0.2, -0.15) is 0 Å². The van der Waals surface area contributed by atoms with Crippen molar-refractivity contribution >= 4 is 11.6 Å². The number of nitrogens with two attached hydrogens (primary N) is 1. The zero-order valence-corrected chi connectivity index (χ0v) is 6.65. The summed E-state index contributed by atoms with van der Waals surface area (Å²) in [6.07, 6.45) is 3.11. The lowest BCUT2D eigenvalue weighted by atomic mass is 10.5. The molecule has 3 N–H and O–H groups in total. The number of imidazole rings is 1. The molecular formula is C8H7N3O2. The molecule has 0 aliphatic carbocycles. The molecule has 1 amide bonds. The van der Waals surface area contributed by atoms with E-state index in [1.807, 2.05) is 0 Å². The van der Waals surface area contributed by atoms with Gasteiger partial charge in [-0.1, -0.05) is 0 Å². The van der Waals surface area contributed by atoms with Gasteiger partial charge in [0.25, 0.3) is 5.91 Å². The summed E-state index contributed by atoms with van der Waals surface area (Å²) in [6.45, 7) is 0. The number of aromatic nitrogens is 2. The van der Waals surface area contributed by atoms with Crippen LogP contribution in [0.3, 0.4) is 0 Å². The van der Waals surface area contributed by atoms with Crippen LogP contribution in [0.5, 0.6) is 0 Å². The monoisotopic (exact) mass is 177 g/mol. The topological polar surface area (TPSA) is 80.4 Å². The number of H-pyrrole nitrogens is 1. The quantitative estimate of drug-likeness (QED) is 0.628. The number of fused-ring (bicyclic) bond motifs is 1. The number of nitrogens with zero attached hydrogens (tertiary/aromatic N) is 1. The van der Waals surface area contributed by atoms with Crippen LogP contribution >= 0.6 is 0 Å². The number of hydrogen-bond donors (Lipinski definition) is 2. The number of aromatic amines is 1. The molecule has 0 aliphatic heterocycles. The molecule has 5 heteroatoms. The molecule has 0 bridgehead atoms. The zero-order valence-electron chi connectivity index (χ0n) is 6.65. The Hall–Kier alpha value is -2.04. The lowest BCUT2D eigenvalue weighted by molar-refractivity contribution is 0.0996. The molecular weight excluding hydrogens is 170 g/mol. The van der Waals surface area contributed by atoms with Crippen molar-refractivity contribution in [3.63, 3.8) is 0 Å². The maximum atomic E-state index is 10.9. The second-order valence-electron chi connectivity index (χ2n) is 2.69. The van der Waals surface area contributed by atoms with E-state index in [-0.39, 0.29) is 11.1 Å². The summed E-state index contributed by atoms with van der Waals surface area (Å²) >= 11 is 0. The molecule has 2 heterocycles. The van der Waals surface area contributed by atoms with Crippen LogP contribution < -0.4 is 11.2 Å². The molecule has 0 aliphatic rings. The Kier molecular flexibility index (Phi) is 1.45. The van der Waals surface area contributed by atoms with Crippen molar-refractivity contribution in [2.45, 2.75) is 0 Å². The highest BCUT2D eigenvalue weighted by Gasteiger charge is 2.03. The van der Waals surface area contributed by atoms with Crippen LogP contribution in [-0.4, -0.2) is 15.3 Å². The highest BCUT2D eigenvalue weighted by molar-refractivity contribution is 5.91. The Morgan fingerprint density at radius 1 is 1.54 bits per heavy atom. The number of rotatable bonds is 1. The molecule has 0 saturated heterocycles. The zero-order chi connectivity index (χ0) is 9.42. The summed E-state index contributed by atoms with van der Waals surface area (Å²) in [6, 6.07) is 2.80. The van der Waals surface area contributed by atoms with E-state index < -0.39 is 5.91 Å².